The number of aliphatic hydroxyl groups is 2. The van der Waals surface area contributed by atoms with E-state index in [1.54, 1.807) is 0 Å². The largest absolute Gasteiger partial charge is 0.394 e. The second kappa shape index (κ2) is 3.82. The molecule has 0 aliphatic carbocycles. The van der Waals surface area contributed by atoms with Crippen LogP contribution in [0.25, 0.3) is 0 Å². The summed E-state index contributed by atoms with van der Waals surface area (Å²) in [7, 11) is 0. The molecule has 0 aliphatic rings. The monoisotopic (exact) mass is 137 g/mol. The van der Waals surface area contributed by atoms with Gasteiger partial charge < -0.3 is 10.2 Å². The Morgan fingerprint density at radius 2 is 2.25 bits per heavy atom. The summed E-state index contributed by atoms with van der Waals surface area (Å²) in [5.41, 5.74) is 0. The van der Waals surface area contributed by atoms with E-state index in [0.29, 0.717) is 0 Å². The van der Waals surface area contributed by atoms with E-state index in [1.165, 1.54) is 0 Å². The van der Waals surface area contributed by atoms with E-state index in [2.05, 4.69) is 17.8 Å². The highest BCUT2D eigenvalue weighted by atomic mass is 32.1. The SMILES string of the molecule is O=NC(S)C(O)CO. The van der Waals surface area contributed by atoms with Crippen molar-refractivity contribution in [3.63, 3.8) is 0 Å². The number of aliphatic hydroxyl groups excluding tert-OH is 2. The van der Waals surface area contributed by atoms with Gasteiger partial charge in [0.1, 0.15) is 6.10 Å². The first kappa shape index (κ1) is 7.87. The Morgan fingerprint density at radius 1 is 1.75 bits per heavy atom. The molecule has 0 aromatic carbocycles. The molecule has 0 aliphatic heterocycles. The molecule has 0 amide bonds. The van der Waals surface area contributed by atoms with Crippen molar-refractivity contribution in [3.8, 4) is 0 Å². The van der Waals surface area contributed by atoms with Gasteiger partial charge in [-0.25, -0.2) is 0 Å². The average Bonchev–Trinajstić information content (AvgIpc) is 1.84. The molecule has 0 fully saturated rings. The van der Waals surface area contributed by atoms with Crippen molar-refractivity contribution < 1.29 is 10.2 Å². The zero-order valence-corrected chi connectivity index (χ0v) is 4.95. The van der Waals surface area contributed by atoms with Crippen LogP contribution < -0.4 is 0 Å². The van der Waals surface area contributed by atoms with Gasteiger partial charge in [0.15, 0.2) is 5.37 Å². The summed E-state index contributed by atoms with van der Waals surface area (Å²) in [6.45, 7) is -0.486. The molecular weight excluding hydrogens is 130 g/mol. The van der Waals surface area contributed by atoms with Crippen LogP contribution in [0.3, 0.4) is 0 Å². The van der Waals surface area contributed by atoms with Gasteiger partial charge in [0.2, 0.25) is 0 Å². The summed E-state index contributed by atoms with van der Waals surface area (Å²) in [5.74, 6) is 0. The summed E-state index contributed by atoms with van der Waals surface area (Å²) in [4.78, 5) is 9.51. The standard InChI is InChI=1S/C3H7NO3S/c5-1-2(6)3(8)4-7/h2-3,5-6,8H,1H2. The number of thiol groups is 1. The summed E-state index contributed by atoms with van der Waals surface area (Å²) < 4.78 is 0. The highest BCUT2D eigenvalue weighted by molar-refractivity contribution is 7.81. The third kappa shape index (κ3) is 2.25. The Morgan fingerprint density at radius 3 is 2.38 bits per heavy atom. The van der Waals surface area contributed by atoms with Crippen LogP contribution in [-0.4, -0.2) is 28.3 Å². The van der Waals surface area contributed by atoms with E-state index in [4.69, 9.17) is 10.2 Å². The molecule has 2 unspecified atom stereocenters. The molecule has 2 atom stereocenters. The van der Waals surface area contributed by atoms with Crippen LogP contribution in [0, 0.1) is 4.91 Å². The molecule has 0 saturated carbocycles. The number of rotatable bonds is 3. The quantitative estimate of drug-likeness (QED) is 0.358. The summed E-state index contributed by atoms with van der Waals surface area (Å²) >= 11 is 3.52. The zero-order valence-electron chi connectivity index (χ0n) is 4.06. The first-order valence-corrected chi connectivity index (χ1v) is 2.53. The highest BCUT2D eigenvalue weighted by Gasteiger charge is 2.12. The fraction of sp³-hybridized carbons (Fsp3) is 1.00. The minimum Gasteiger partial charge on any atom is -0.394 e. The van der Waals surface area contributed by atoms with Gasteiger partial charge in [-0.2, -0.15) is 0 Å². The second-order valence-corrected chi connectivity index (χ2v) is 1.80. The molecule has 0 radical (unpaired) electrons. The molecule has 4 nitrogen and oxygen atoms in total. The summed E-state index contributed by atoms with van der Waals surface area (Å²) in [5, 5.41) is 18.0. The van der Waals surface area contributed by atoms with E-state index in [-0.39, 0.29) is 0 Å². The van der Waals surface area contributed by atoms with Gasteiger partial charge in [0, 0.05) is 0 Å². The first-order chi connectivity index (χ1) is 3.72. The Kier molecular flexibility index (Phi) is 3.76. The van der Waals surface area contributed by atoms with Crippen LogP contribution in [0.15, 0.2) is 5.18 Å². The number of hydrogen-bond acceptors (Lipinski definition) is 5. The van der Waals surface area contributed by atoms with Crippen LogP contribution in [0.4, 0.5) is 0 Å². The molecule has 8 heavy (non-hydrogen) atoms. The van der Waals surface area contributed by atoms with E-state index < -0.39 is 18.1 Å². The molecule has 0 bridgehead atoms. The molecule has 5 heteroatoms. The van der Waals surface area contributed by atoms with Crippen molar-refractivity contribution in [3.05, 3.63) is 4.91 Å². The topological polar surface area (TPSA) is 69.9 Å². The van der Waals surface area contributed by atoms with Crippen molar-refractivity contribution in [1.29, 1.82) is 0 Å². The lowest BCUT2D eigenvalue weighted by Crippen LogP contribution is -2.22. The van der Waals surface area contributed by atoms with Crippen molar-refractivity contribution in [2.24, 2.45) is 5.18 Å². The molecule has 0 spiro atoms. The zero-order chi connectivity index (χ0) is 6.57. The van der Waals surface area contributed by atoms with E-state index in [0.717, 1.165) is 0 Å². The van der Waals surface area contributed by atoms with E-state index in [1.807, 2.05) is 0 Å². The Hall–Kier alpha value is -0.130. The lowest BCUT2D eigenvalue weighted by Gasteiger charge is -2.05. The molecule has 0 aromatic rings. The molecular formula is C3H7NO3S. The average molecular weight is 137 g/mol. The molecule has 0 rings (SSSR count). The van der Waals surface area contributed by atoms with Crippen LogP contribution in [0.2, 0.25) is 0 Å². The molecule has 2 N–H and O–H groups in total. The fourth-order valence-electron chi connectivity index (χ4n) is 0.165. The Labute approximate surface area is 51.9 Å². The van der Waals surface area contributed by atoms with E-state index >= 15 is 0 Å². The number of nitroso groups, excluding NO2 is 1. The fourth-order valence-corrected chi connectivity index (χ4v) is 0.259. The minimum absolute atomic E-state index is 0.486. The maximum atomic E-state index is 9.51. The van der Waals surface area contributed by atoms with Gasteiger partial charge in [0.05, 0.1) is 6.61 Å². The summed E-state index contributed by atoms with van der Waals surface area (Å²) in [6.07, 6.45) is -1.14. The van der Waals surface area contributed by atoms with Crippen molar-refractivity contribution >= 4 is 12.6 Å². The van der Waals surface area contributed by atoms with Crippen molar-refractivity contribution in [2.75, 3.05) is 6.61 Å². The maximum absolute atomic E-state index is 9.51. The predicted molar refractivity (Wildman–Crippen MR) is 31.7 cm³/mol. The van der Waals surface area contributed by atoms with Gasteiger partial charge in [0.25, 0.3) is 0 Å². The molecule has 0 heterocycles. The van der Waals surface area contributed by atoms with Crippen LogP contribution in [0.1, 0.15) is 0 Å². The molecule has 0 aromatic heterocycles. The Bertz CT molecular complexity index is 78.9. The molecule has 48 valence electrons. The highest BCUT2D eigenvalue weighted by Crippen LogP contribution is 2.01. The Balaban J connectivity index is 3.44. The summed E-state index contributed by atoms with van der Waals surface area (Å²) in [6, 6.07) is 0. The first-order valence-electron chi connectivity index (χ1n) is 2.01. The van der Waals surface area contributed by atoms with Crippen molar-refractivity contribution in [1.82, 2.24) is 0 Å². The van der Waals surface area contributed by atoms with Gasteiger partial charge >= 0.3 is 0 Å². The van der Waals surface area contributed by atoms with E-state index in [9.17, 15) is 4.91 Å². The lowest BCUT2D eigenvalue weighted by molar-refractivity contribution is 0.0949. The van der Waals surface area contributed by atoms with Crippen LogP contribution in [0.5, 0.6) is 0 Å². The van der Waals surface area contributed by atoms with Crippen molar-refractivity contribution in [2.45, 2.75) is 11.5 Å². The van der Waals surface area contributed by atoms with Gasteiger partial charge in [-0.05, 0) is 0 Å². The smallest absolute Gasteiger partial charge is 0.162 e. The number of nitrogens with zero attached hydrogens (tertiary/aromatic N) is 1. The minimum atomic E-state index is -1.14. The maximum Gasteiger partial charge on any atom is 0.162 e. The third-order valence-corrected chi connectivity index (χ3v) is 1.08. The number of hydrogen-bond donors (Lipinski definition) is 3. The predicted octanol–water partition coefficient (Wildman–Crippen LogP) is -0.638. The van der Waals surface area contributed by atoms with Crippen LogP contribution >= 0.6 is 12.6 Å². The van der Waals surface area contributed by atoms with Gasteiger partial charge in [-0.3, -0.25) is 0 Å². The van der Waals surface area contributed by atoms with Gasteiger partial charge in [-0.1, -0.05) is 5.18 Å². The second-order valence-electron chi connectivity index (χ2n) is 1.27. The normalized spacial score (nSPS) is 17.4. The van der Waals surface area contributed by atoms with Gasteiger partial charge in [-0.15, -0.1) is 17.5 Å². The molecule has 0 saturated heterocycles. The van der Waals surface area contributed by atoms with Crippen LogP contribution in [-0.2, 0) is 0 Å². The lowest BCUT2D eigenvalue weighted by atomic mass is 10.4. The third-order valence-electron chi connectivity index (χ3n) is 0.639.